The number of anilines is 2. The van der Waals surface area contributed by atoms with E-state index in [1.54, 1.807) is 67.6 Å². The maximum absolute atomic E-state index is 14.2. The number of unbranched alkanes of at least 4 members (excludes halogenated alkanes) is 2. The van der Waals surface area contributed by atoms with E-state index in [9.17, 15) is 48.3 Å². The second-order valence-electron chi connectivity index (χ2n) is 21.7. The molecule has 0 aliphatic carbocycles. The van der Waals surface area contributed by atoms with Crippen LogP contribution in [0, 0.1) is 5.92 Å². The molecule has 86 heavy (non-hydrogen) atoms. The van der Waals surface area contributed by atoms with Crippen molar-refractivity contribution >= 4 is 76.6 Å². The minimum Gasteiger partial charge on any atom is -0.493 e. The van der Waals surface area contributed by atoms with Crippen molar-refractivity contribution in [3.63, 3.8) is 0 Å². The number of carbonyl (C=O) groups excluding carboxylic acids is 9. The summed E-state index contributed by atoms with van der Waals surface area (Å²) in [6.45, 7) is 9.27. The highest BCUT2D eigenvalue weighted by molar-refractivity contribution is 6.13. The largest absolute Gasteiger partial charge is 0.493 e. The Morgan fingerprint density at radius 3 is 2.02 bits per heavy atom. The molecule has 8 rings (SSSR count). The van der Waals surface area contributed by atoms with E-state index in [1.165, 1.54) is 38.2 Å². The molecule has 5 aliphatic rings. The number of nitrogens with one attached hydrogen (secondary N) is 4. The van der Waals surface area contributed by atoms with Crippen molar-refractivity contribution in [1.29, 1.82) is 0 Å². The van der Waals surface area contributed by atoms with Gasteiger partial charge < -0.3 is 64.6 Å². The molecule has 3 aromatic carbocycles. The van der Waals surface area contributed by atoms with E-state index >= 15 is 0 Å². The second kappa shape index (κ2) is 28.7. The molecule has 0 fully saturated rings. The number of hydrogen-bond acceptors (Lipinski definition) is 17. The summed E-state index contributed by atoms with van der Waals surface area (Å²) in [5.41, 5.74) is 3.88. The lowest BCUT2D eigenvalue weighted by Gasteiger charge is -2.31. The Bertz CT molecular complexity index is 3210. The molecule has 5 N–H and O–H groups in total. The Morgan fingerprint density at radius 2 is 1.35 bits per heavy atom. The number of aliphatic hydroxyl groups is 1. The van der Waals surface area contributed by atoms with E-state index < -0.39 is 65.9 Å². The molecule has 458 valence electrons. The highest BCUT2D eigenvalue weighted by Gasteiger charge is 2.45. The number of amides is 9. The highest BCUT2D eigenvalue weighted by Crippen LogP contribution is 2.43. The Balaban J connectivity index is 0.798. The maximum Gasteiger partial charge on any atom is 0.416 e. The van der Waals surface area contributed by atoms with Crippen molar-refractivity contribution in [2.75, 3.05) is 64.0 Å². The van der Waals surface area contributed by atoms with Crippen LogP contribution >= 0.6 is 0 Å². The molecule has 0 spiro atoms. The fraction of sp³-hybridized carbons (Fsp3) is 0.443. The van der Waals surface area contributed by atoms with E-state index in [2.05, 4.69) is 26.3 Å². The predicted octanol–water partition coefficient (Wildman–Crippen LogP) is 5.18. The molecular weight excluding hydrogens is 1110 g/mol. The topological polar surface area (TPSA) is 303 Å². The van der Waals surface area contributed by atoms with E-state index in [0.29, 0.717) is 66.3 Å². The summed E-state index contributed by atoms with van der Waals surface area (Å²) in [6.07, 6.45) is 7.89. The first-order valence-corrected chi connectivity index (χ1v) is 28.5. The standard InChI is InChI=1S/C61H73N9O16/c1-35(2)55(66-52(72)18-23-83-24-19-62-51(71)17-20-67-53(73)15-16-54(67)74)57(76)64-38(5)56(75)65-40-13-11-39(12-14-40)34-86-61(80)70-45-30-50(48(82-7)28-43(45)59(78)69-33-37(4)26-46(69)60(70)79)85-22-10-8-9-21-84-49-29-44-42(27-47(49)81-6)58(77)68-32-36(3)25-41(68)31-63-44/h11-16,27-33,35,38,41,46,55,60,79H,8-10,17-26,34H2,1-7H3,(H,62,71)(H,64,76)(H,65,75)(H,66,72)/t38-,41?,46-,55?,60?/m0/s1. The van der Waals surface area contributed by atoms with Gasteiger partial charge in [-0.1, -0.05) is 37.1 Å². The molecule has 5 heterocycles. The van der Waals surface area contributed by atoms with Gasteiger partial charge in [0.1, 0.15) is 18.7 Å². The minimum atomic E-state index is -1.53. The van der Waals surface area contributed by atoms with Crippen LogP contribution < -0.4 is 45.1 Å². The Hall–Kier alpha value is -9.10. The van der Waals surface area contributed by atoms with Crippen LogP contribution in [0.4, 0.5) is 21.9 Å². The van der Waals surface area contributed by atoms with Crippen LogP contribution in [0.2, 0.25) is 0 Å². The average molecular weight is 1190 g/mol. The summed E-state index contributed by atoms with van der Waals surface area (Å²) in [6, 6.07) is 9.80. The number of nitrogens with zero attached hydrogens (tertiary/aromatic N) is 5. The van der Waals surface area contributed by atoms with Gasteiger partial charge in [-0.05, 0) is 88.6 Å². The first-order chi connectivity index (χ1) is 41.2. The Labute approximate surface area is 497 Å². The summed E-state index contributed by atoms with van der Waals surface area (Å²) in [5.74, 6) is -2.53. The number of methoxy groups -OCH3 is 2. The fourth-order valence-corrected chi connectivity index (χ4v) is 10.2. The number of rotatable bonds is 27. The van der Waals surface area contributed by atoms with Gasteiger partial charge in [0.2, 0.25) is 23.6 Å². The molecule has 3 unspecified atom stereocenters. The van der Waals surface area contributed by atoms with Crippen molar-refractivity contribution in [3.8, 4) is 23.0 Å². The minimum absolute atomic E-state index is 0.00262. The quantitative estimate of drug-likeness (QED) is 0.0485. The molecular formula is C61H73N9O16. The van der Waals surface area contributed by atoms with Crippen LogP contribution in [0.3, 0.4) is 0 Å². The molecule has 3 aromatic rings. The molecule has 25 nitrogen and oxygen atoms in total. The molecule has 9 amide bonds. The van der Waals surface area contributed by atoms with Crippen LogP contribution in [0.1, 0.15) is 106 Å². The van der Waals surface area contributed by atoms with Crippen molar-refractivity contribution in [2.45, 2.75) is 117 Å². The lowest BCUT2D eigenvalue weighted by molar-refractivity contribution is -0.137. The third-order valence-corrected chi connectivity index (χ3v) is 14.9. The Morgan fingerprint density at radius 1 is 0.709 bits per heavy atom. The zero-order valence-corrected chi connectivity index (χ0v) is 49.2. The number of carbonyl (C=O) groups is 9. The van der Waals surface area contributed by atoms with Gasteiger partial charge in [-0.15, -0.1) is 0 Å². The number of imide groups is 1. The summed E-state index contributed by atoms with van der Waals surface area (Å²) in [4.78, 5) is 126. The predicted molar refractivity (Wildman–Crippen MR) is 313 cm³/mol. The number of ether oxygens (including phenoxy) is 6. The lowest BCUT2D eigenvalue weighted by Crippen LogP contribution is -2.53. The summed E-state index contributed by atoms with van der Waals surface area (Å²) >= 11 is 0. The van der Waals surface area contributed by atoms with Crippen molar-refractivity contribution < 1.29 is 76.7 Å². The number of aliphatic imine (C=N–C) groups is 1. The van der Waals surface area contributed by atoms with Crippen molar-refractivity contribution in [2.24, 2.45) is 10.9 Å². The van der Waals surface area contributed by atoms with E-state index in [-0.39, 0.29) is 98.9 Å². The zero-order valence-electron chi connectivity index (χ0n) is 49.2. The van der Waals surface area contributed by atoms with Crippen LogP contribution in [-0.2, 0) is 44.8 Å². The molecule has 0 saturated heterocycles. The van der Waals surface area contributed by atoms with Crippen LogP contribution in [0.15, 0.2) is 89.2 Å². The van der Waals surface area contributed by atoms with Gasteiger partial charge in [-0.2, -0.15) is 0 Å². The second-order valence-corrected chi connectivity index (χ2v) is 21.7. The number of benzene rings is 3. The molecule has 0 radical (unpaired) electrons. The first kappa shape index (κ1) is 62.9. The summed E-state index contributed by atoms with van der Waals surface area (Å²) < 4.78 is 34.9. The summed E-state index contributed by atoms with van der Waals surface area (Å²) in [5, 5.41) is 22.6. The monoisotopic (exact) mass is 1190 g/mol. The molecule has 5 aliphatic heterocycles. The van der Waals surface area contributed by atoms with Crippen LogP contribution in [-0.4, -0.2) is 164 Å². The smallest absolute Gasteiger partial charge is 0.416 e. The summed E-state index contributed by atoms with van der Waals surface area (Å²) in [7, 11) is 2.95. The van der Waals surface area contributed by atoms with Gasteiger partial charge in [0.15, 0.2) is 29.2 Å². The molecule has 0 aromatic heterocycles. The SMILES string of the molecule is COc1cc2c(cc1OCCCCCOc1cc3c(cc1OC)C(=O)N1C=C(C)C[C@H]1C(O)N3C(=O)OCc1ccc(NC(=O)[C@H](C)NC(=O)C(NC(=O)CCOCCNC(=O)CCN3C(=O)C=CC3=O)C(C)C)cc1)N=CC1CC(C)=CN1C2=O. The third kappa shape index (κ3) is 15.2. The normalized spacial score (nSPS) is 18.2. The van der Waals surface area contributed by atoms with Gasteiger partial charge in [0.25, 0.3) is 23.6 Å². The van der Waals surface area contributed by atoms with Gasteiger partial charge in [0, 0.05) is 74.5 Å². The molecule has 25 heteroatoms. The number of aliphatic hydroxyl groups excluding tert-OH is 1. The van der Waals surface area contributed by atoms with Crippen LogP contribution in [0.25, 0.3) is 0 Å². The third-order valence-electron chi connectivity index (χ3n) is 14.9. The lowest BCUT2D eigenvalue weighted by atomic mass is 10.0. The molecule has 0 bridgehead atoms. The zero-order chi connectivity index (χ0) is 61.8. The van der Waals surface area contributed by atoms with E-state index in [1.807, 2.05) is 20.0 Å². The van der Waals surface area contributed by atoms with Crippen molar-refractivity contribution in [1.82, 2.24) is 30.7 Å². The van der Waals surface area contributed by atoms with Gasteiger partial charge >= 0.3 is 6.09 Å². The maximum atomic E-state index is 14.2. The van der Waals surface area contributed by atoms with Crippen molar-refractivity contribution in [3.05, 3.63) is 101 Å². The number of hydrogen-bond donors (Lipinski definition) is 5. The molecule has 5 atom stereocenters. The van der Waals surface area contributed by atoms with E-state index in [4.69, 9.17) is 28.4 Å². The van der Waals surface area contributed by atoms with E-state index in [0.717, 1.165) is 39.5 Å². The Kier molecular flexibility index (Phi) is 21.0. The average Bonchev–Trinajstić information content (AvgIpc) is 1.99. The van der Waals surface area contributed by atoms with Crippen LogP contribution in [0.5, 0.6) is 23.0 Å². The molecule has 0 saturated carbocycles. The van der Waals surface area contributed by atoms with Gasteiger partial charge in [-0.25, -0.2) is 9.69 Å². The highest BCUT2D eigenvalue weighted by atomic mass is 16.6. The number of fused-ring (bicyclic) bond motifs is 4. The first-order valence-electron chi connectivity index (χ1n) is 28.5. The van der Waals surface area contributed by atoms with Gasteiger partial charge in [-0.3, -0.25) is 48.2 Å². The van der Waals surface area contributed by atoms with Gasteiger partial charge in [0.05, 0.1) is 75.2 Å². The fourth-order valence-electron chi connectivity index (χ4n) is 10.2.